The highest BCUT2D eigenvalue weighted by Gasteiger charge is 2.37. The molecule has 7 heteroatoms. The first-order chi connectivity index (χ1) is 8.18. The molecule has 17 heavy (non-hydrogen) atoms. The molecule has 2 unspecified atom stereocenters. The van der Waals surface area contributed by atoms with Gasteiger partial charge >= 0.3 is 5.50 Å². The minimum atomic E-state index is -1.13. The Morgan fingerprint density at radius 1 is 1.65 bits per heavy atom. The second-order valence-corrected chi connectivity index (χ2v) is 4.33. The zero-order valence-corrected chi connectivity index (χ0v) is 9.88. The monoisotopic (exact) mass is 256 g/mol. The predicted octanol–water partition coefficient (Wildman–Crippen LogP) is 0.654. The van der Waals surface area contributed by atoms with Gasteiger partial charge in [0.15, 0.2) is 0 Å². The van der Waals surface area contributed by atoms with E-state index in [0.717, 1.165) is 12.1 Å². The molecule has 1 N–H and O–H groups in total. The first-order valence-corrected chi connectivity index (χ1v) is 5.76. The van der Waals surface area contributed by atoms with Crippen molar-refractivity contribution in [3.8, 4) is 0 Å². The van der Waals surface area contributed by atoms with E-state index in [9.17, 15) is 10.1 Å². The fraction of sp³-hybridized carbons (Fsp3) is 0.500. The second kappa shape index (κ2) is 5.39. The van der Waals surface area contributed by atoms with Crippen LogP contribution in [0.25, 0.3) is 0 Å². The number of nitrogens with one attached hydrogen (secondary N) is 1. The van der Waals surface area contributed by atoms with Crippen molar-refractivity contribution in [2.45, 2.75) is 18.2 Å². The zero-order valence-electron chi connectivity index (χ0n) is 9.12. The SMILES string of the molecule is O=[N+]([O-])C(Cl)C1NCCN1Cc1ccncc1. The van der Waals surface area contributed by atoms with E-state index < -0.39 is 16.6 Å². The summed E-state index contributed by atoms with van der Waals surface area (Å²) in [6, 6.07) is 3.79. The minimum Gasteiger partial charge on any atom is -0.293 e. The smallest absolute Gasteiger partial charge is 0.293 e. The van der Waals surface area contributed by atoms with Crippen molar-refractivity contribution >= 4 is 11.6 Å². The largest absolute Gasteiger partial charge is 0.314 e. The summed E-state index contributed by atoms with van der Waals surface area (Å²) in [6.45, 7) is 2.11. The summed E-state index contributed by atoms with van der Waals surface area (Å²) in [5.74, 6) is 0. The Balaban J connectivity index is 2.03. The van der Waals surface area contributed by atoms with E-state index >= 15 is 0 Å². The molecule has 0 radical (unpaired) electrons. The Morgan fingerprint density at radius 3 is 3.00 bits per heavy atom. The Kier molecular flexibility index (Phi) is 3.88. The van der Waals surface area contributed by atoms with Gasteiger partial charge in [-0.25, -0.2) is 0 Å². The zero-order chi connectivity index (χ0) is 12.3. The van der Waals surface area contributed by atoms with E-state index in [-0.39, 0.29) is 0 Å². The number of alkyl halides is 1. The van der Waals surface area contributed by atoms with Crippen LogP contribution in [0.1, 0.15) is 5.56 Å². The lowest BCUT2D eigenvalue weighted by atomic mass is 10.2. The molecule has 2 rings (SSSR count). The van der Waals surface area contributed by atoms with Crippen molar-refractivity contribution in [3.05, 3.63) is 40.2 Å². The molecule has 0 amide bonds. The van der Waals surface area contributed by atoms with E-state index in [2.05, 4.69) is 10.3 Å². The van der Waals surface area contributed by atoms with Crippen LogP contribution in [0, 0.1) is 10.1 Å². The number of halogens is 1. The van der Waals surface area contributed by atoms with Crippen LogP contribution in [0.5, 0.6) is 0 Å². The quantitative estimate of drug-likeness (QED) is 0.371. The maximum Gasteiger partial charge on any atom is 0.314 e. The number of nitrogens with zero attached hydrogens (tertiary/aromatic N) is 3. The van der Waals surface area contributed by atoms with E-state index in [1.807, 2.05) is 17.0 Å². The van der Waals surface area contributed by atoms with Crippen molar-refractivity contribution in [1.29, 1.82) is 0 Å². The number of aromatic nitrogens is 1. The molecule has 0 aromatic carbocycles. The van der Waals surface area contributed by atoms with Gasteiger partial charge in [0.05, 0.1) is 0 Å². The number of pyridine rings is 1. The normalized spacial score (nSPS) is 22.5. The molecule has 1 aliphatic heterocycles. The minimum absolute atomic E-state index is 0.417. The molecule has 2 heterocycles. The van der Waals surface area contributed by atoms with Crippen LogP contribution in [0.4, 0.5) is 0 Å². The number of rotatable bonds is 4. The lowest BCUT2D eigenvalue weighted by Crippen LogP contribution is -2.45. The molecule has 1 aliphatic rings. The fourth-order valence-electron chi connectivity index (χ4n) is 1.91. The van der Waals surface area contributed by atoms with Gasteiger partial charge in [0.25, 0.3) is 0 Å². The first-order valence-electron chi connectivity index (χ1n) is 5.32. The van der Waals surface area contributed by atoms with Crippen LogP contribution in [0.3, 0.4) is 0 Å². The molecule has 1 aromatic rings. The van der Waals surface area contributed by atoms with E-state index in [0.29, 0.717) is 13.1 Å². The second-order valence-electron chi connectivity index (χ2n) is 3.88. The van der Waals surface area contributed by atoms with Gasteiger partial charge in [0.1, 0.15) is 6.17 Å². The molecule has 0 aliphatic carbocycles. The Morgan fingerprint density at radius 2 is 2.35 bits per heavy atom. The lowest BCUT2D eigenvalue weighted by Gasteiger charge is -2.23. The third-order valence-corrected chi connectivity index (χ3v) is 3.14. The van der Waals surface area contributed by atoms with Crippen LogP contribution in [-0.2, 0) is 6.54 Å². The Labute approximate surface area is 104 Å². The first kappa shape index (κ1) is 12.2. The predicted molar refractivity (Wildman–Crippen MR) is 63.1 cm³/mol. The molecular weight excluding hydrogens is 244 g/mol. The van der Waals surface area contributed by atoms with Crippen molar-refractivity contribution in [2.24, 2.45) is 0 Å². The van der Waals surface area contributed by atoms with Gasteiger partial charge in [-0.3, -0.25) is 25.3 Å². The van der Waals surface area contributed by atoms with Gasteiger partial charge in [0, 0.05) is 37.0 Å². The number of hydrogen-bond donors (Lipinski definition) is 1. The summed E-state index contributed by atoms with van der Waals surface area (Å²) in [4.78, 5) is 16.1. The molecule has 0 saturated carbocycles. The third kappa shape index (κ3) is 2.91. The highest BCUT2D eigenvalue weighted by atomic mass is 35.5. The summed E-state index contributed by atoms with van der Waals surface area (Å²) in [7, 11) is 0. The van der Waals surface area contributed by atoms with Crippen LogP contribution in [-0.4, -0.2) is 39.6 Å². The van der Waals surface area contributed by atoms with Crippen LogP contribution in [0.15, 0.2) is 24.5 Å². The van der Waals surface area contributed by atoms with Crippen molar-refractivity contribution < 1.29 is 4.92 Å². The van der Waals surface area contributed by atoms with E-state index in [1.165, 1.54) is 0 Å². The Bertz CT molecular complexity index is 389. The molecule has 2 atom stereocenters. The van der Waals surface area contributed by atoms with Gasteiger partial charge in [-0.05, 0) is 29.3 Å². The summed E-state index contributed by atoms with van der Waals surface area (Å²) >= 11 is 5.77. The maximum atomic E-state index is 10.7. The summed E-state index contributed by atoms with van der Waals surface area (Å²) in [6.07, 6.45) is 3.00. The molecule has 6 nitrogen and oxygen atoms in total. The molecule has 1 aromatic heterocycles. The van der Waals surface area contributed by atoms with Crippen LogP contribution >= 0.6 is 11.6 Å². The van der Waals surface area contributed by atoms with Gasteiger partial charge in [-0.1, -0.05) is 0 Å². The number of nitro groups is 1. The van der Waals surface area contributed by atoms with Crippen LogP contribution < -0.4 is 5.32 Å². The van der Waals surface area contributed by atoms with Gasteiger partial charge < -0.3 is 0 Å². The highest BCUT2D eigenvalue weighted by molar-refractivity contribution is 6.19. The van der Waals surface area contributed by atoms with Crippen molar-refractivity contribution in [2.75, 3.05) is 13.1 Å². The standard InChI is InChI=1S/C10H13ClN4O2/c11-9(15(16)17)10-13-5-6-14(10)7-8-1-3-12-4-2-8/h1-4,9-10,13H,5-7H2. The highest BCUT2D eigenvalue weighted by Crippen LogP contribution is 2.16. The van der Waals surface area contributed by atoms with Gasteiger partial charge in [-0.15, -0.1) is 0 Å². The molecular formula is C10H13ClN4O2. The Hall–Kier alpha value is -1.24. The van der Waals surface area contributed by atoms with E-state index in [4.69, 9.17) is 11.6 Å². The topological polar surface area (TPSA) is 71.3 Å². The summed E-state index contributed by atoms with van der Waals surface area (Å²) < 4.78 is 0. The van der Waals surface area contributed by atoms with Crippen LogP contribution in [0.2, 0.25) is 0 Å². The van der Waals surface area contributed by atoms with E-state index in [1.54, 1.807) is 12.4 Å². The van der Waals surface area contributed by atoms with Crippen molar-refractivity contribution in [3.63, 3.8) is 0 Å². The van der Waals surface area contributed by atoms with Gasteiger partial charge in [0.2, 0.25) is 0 Å². The molecule has 92 valence electrons. The third-order valence-electron chi connectivity index (χ3n) is 2.74. The molecule has 1 fully saturated rings. The number of hydrogen-bond acceptors (Lipinski definition) is 5. The maximum absolute atomic E-state index is 10.7. The summed E-state index contributed by atoms with van der Waals surface area (Å²) in [5.41, 5.74) is -0.0553. The molecule has 0 spiro atoms. The summed E-state index contributed by atoms with van der Waals surface area (Å²) in [5, 5.41) is 13.7. The average molecular weight is 257 g/mol. The van der Waals surface area contributed by atoms with Gasteiger partial charge in [-0.2, -0.15) is 0 Å². The lowest BCUT2D eigenvalue weighted by molar-refractivity contribution is -0.506. The fourth-order valence-corrected chi connectivity index (χ4v) is 2.16. The average Bonchev–Trinajstić information content (AvgIpc) is 2.77. The van der Waals surface area contributed by atoms with Crippen molar-refractivity contribution in [1.82, 2.24) is 15.2 Å². The molecule has 1 saturated heterocycles. The molecule has 0 bridgehead atoms.